The number of hydrogen-bond donors (Lipinski definition) is 1. The highest BCUT2D eigenvalue weighted by Crippen LogP contribution is 2.09. The van der Waals surface area contributed by atoms with Gasteiger partial charge in [0.2, 0.25) is 5.95 Å². The first-order valence-corrected chi connectivity index (χ1v) is 5.77. The Bertz CT molecular complexity index is 265. The van der Waals surface area contributed by atoms with Crippen molar-refractivity contribution in [3.63, 3.8) is 0 Å². The average Bonchev–Trinajstić information content (AvgIpc) is 2.19. The molecule has 4 nitrogen and oxygen atoms in total. The van der Waals surface area contributed by atoms with Crippen molar-refractivity contribution in [3.05, 3.63) is 12.4 Å². The van der Waals surface area contributed by atoms with Crippen LogP contribution in [0.5, 0.6) is 5.75 Å². The molecule has 0 spiro atoms. The molecule has 1 atom stereocenters. The molecule has 0 fully saturated rings. The summed E-state index contributed by atoms with van der Waals surface area (Å²) >= 11 is 1.79. The molecule has 0 aliphatic heterocycles. The third-order valence-electron chi connectivity index (χ3n) is 1.66. The van der Waals surface area contributed by atoms with Gasteiger partial charge in [0, 0.05) is 11.8 Å². The van der Waals surface area contributed by atoms with E-state index in [9.17, 15) is 0 Å². The summed E-state index contributed by atoms with van der Waals surface area (Å²) in [4.78, 5) is 8.23. The van der Waals surface area contributed by atoms with E-state index >= 15 is 0 Å². The van der Waals surface area contributed by atoms with E-state index in [1.54, 1.807) is 31.3 Å². The van der Waals surface area contributed by atoms with Crippen molar-refractivity contribution < 1.29 is 4.74 Å². The first-order valence-electron chi connectivity index (χ1n) is 4.37. The monoisotopic (exact) mass is 213 g/mol. The van der Waals surface area contributed by atoms with Gasteiger partial charge in [0.05, 0.1) is 19.5 Å². The number of thioether (sulfide) groups is 1. The fourth-order valence-corrected chi connectivity index (χ4v) is 1.59. The fraction of sp³-hybridized carbons (Fsp3) is 0.556. The summed E-state index contributed by atoms with van der Waals surface area (Å²) in [6.07, 6.45) is 5.38. The second-order valence-electron chi connectivity index (χ2n) is 2.95. The number of nitrogens with zero attached hydrogens (tertiary/aromatic N) is 2. The molecule has 1 heterocycles. The van der Waals surface area contributed by atoms with E-state index in [2.05, 4.69) is 28.5 Å². The quantitative estimate of drug-likeness (QED) is 0.806. The Morgan fingerprint density at radius 1 is 1.50 bits per heavy atom. The zero-order chi connectivity index (χ0) is 10.4. The van der Waals surface area contributed by atoms with Gasteiger partial charge in [0.15, 0.2) is 5.75 Å². The highest BCUT2D eigenvalue weighted by atomic mass is 32.2. The number of nitrogens with one attached hydrogen (secondary N) is 1. The molecule has 0 aromatic carbocycles. The first-order chi connectivity index (χ1) is 6.76. The van der Waals surface area contributed by atoms with E-state index in [0.717, 1.165) is 5.75 Å². The van der Waals surface area contributed by atoms with Crippen molar-refractivity contribution in [2.45, 2.75) is 13.0 Å². The van der Waals surface area contributed by atoms with Crippen LogP contribution in [0.1, 0.15) is 6.92 Å². The number of rotatable bonds is 5. The number of aromatic nitrogens is 2. The summed E-state index contributed by atoms with van der Waals surface area (Å²) in [7, 11) is 1.60. The maximum absolute atomic E-state index is 4.96. The molecular formula is C9H15N3OS. The molecular weight excluding hydrogens is 198 g/mol. The second-order valence-corrected chi connectivity index (χ2v) is 3.86. The minimum Gasteiger partial charge on any atom is -0.494 e. The van der Waals surface area contributed by atoms with Crippen molar-refractivity contribution in [2.24, 2.45) is 0 Å². The summed E-state index contributed by atoms with van der Waals surface area (Å²) in [5.74, 6) is 2.36. The lowest BCUT2D eigenvalue weighted by Crippen LogP contribution is -2.19. The third kappa shape index (κ3) is 3.41. The van der Waals surface area contributed by atoms with E-state index in [1.807, 2.05) is 0 Å². The summed E-state index contributed by atoms with van der Waals surface area (Å²) in [6, 6.07) is 0.374. The van der Waals surface area contributed by atoms with Gasteiger partial charge in [0.1, 0.15) is 0 Å². The molecule has 1 N–H and O–H groups in total. The van der Waals surface area contributed by atoms with Gasteiger partial charge in [-0.2, -0.15) is 11.8 Å². The Hall–Kier alpha value is -0.970. The predicted molar refractivity (Wildman–Crippen MR) is 60.1 cm³/mol. The van der Waals surface area contributed by atoms with Gasteiger partial charge in [-0.05, 0) is 13.2 Å². The van der Waals surface area contributed by atoms with Crippen LogP contribution >= 0.6 is 11.8 Å². The van der Waals surface area contributed by atoms with Gasteiger partial charge in [-0.25, -0.2) is 9.97 Å². The van der Waals surface area contributed by atoms with Crippen molar-refractivity contribution >= 4 is 17.7 Å². The molecule has 0 saturated heterocycles. The van der Waals surface area contributed by atoms with Crippen molar-refractivity contribution in [3.8, 4) is 5.75 Å². The SMILES string of the molecule is COc1cnc(NC(C)CSC)nc1. The van der Waals surface area contributed by atoms with Gasteiger partial charge in [-0.15, -0.1) is 0 Å². The Kier molecular flexibility index (Phi) is 4.52. The summed E-state index contributed by atoms with van der Waals surface area (Å²) in [5.41, 5.74) is 0. The lowest BCUT2D eigenvalue weighted by Gasteiger charge is -2.11. The van der Waals surface area contributed by atoms with E-state index < -0.39 is 0 Å². The molecule has 1 rings (SSSR count). The van der Waals surface area contributed by atoms with Crippen molar-refractivity contribution in [1.29, 1.82) is 0 Å². The highest BCUT2D eigenvalue weighted by Gasteiger charge is 2.02. The smallest absolute Gasteiger partial charge is 0.223 e. The average molecular weight is 213 g/mol. The van der Waals surface area contributed by atoms with Crippen LogP contribution < -0.4 is 10.1 Å². The van der Waals surface area contributed by atoms with Crippen LogP contribution in [0, 0.1) is 0 Å². The summed E-state index contributed by atoms with van der Waals surface area (Å²) in [6.45, 7) is 2.10. The van der Waals surface area contributed by atoms with E-state index in [0.29, 0.717) is 17.7 Å². The number of ether oxygens (including phenoxy) is 1. The van der Waals surface area contributed by atoms with Crippen LogP contribution in [0.15, 0.2) is 12.4 Å². The summed E-state index contributed by atoms with van der Waals surface area (Å²) in [5, 5.41) is 3.20. The molecule has 0 bridgehead atoms. The second kappa shape index (κ2) is 5.70. The molecule has 5 heteroatoms. The normalized spacial score (nSPS) is 12.2. The zero-order valence-electron chi connectivity index (χ0n) is 8.65. The lowest BCUT2D eigenvalue weighted by atomic mass is 10.4. The van der Waals surface area contributed by atoms with E-state index in [1.165, 1.54) is 0 Å². The number of methoxy groups -OCH3 is 1. The Balaban J connectivity index is 2.50. The van der Waals surface area contributed by atoms with Crippen molar-refractivity contribution in [1.82, 2.24) is 9.97 Å². The number of anilines is 1. The van der Waals surface area contributed by atoms with E-state index in [-0.39, 0.29) is 0 Å². The maximum Gasteiger partial charge on any atom is 0.223 e. The first kappa shape index (κ1) is 11.1. The Morgan fingerprint density at radius 2 is 2.14 bits per heavy atom. The molecule has 78 valence electrons. The predicted octanol–water partition coefficient (Wildman–Crippen LogP) is 1.65. The zero-order valence-corrected chi connectivity index (χ0v) is 9.47. The van der Waals surface area contributed by atoms with Gasteiger partial charge in [0.25, 0.3) is 0 Å². The van der Waals surface area contributed by atoms with Gasteiger partial charge in [-0.1, -0.05) is 0 Å². The van der Waals surface area contributed by atoms with Crippen LogP contribution in [0.25, 0.3) is 0 Å². The van der Waals surface area contributed by atoms with Crippen LogP contribution in [0.2, 0.25) is 0 Å². The Labute approximate surface area is 88.5 Å². The minimum atomic E-state index is 0.374. The molecule has 14 heavy (non-hydrogen) atoms. The van der Waals surface area contributed by atoms with Crippen LogP contribution in [0.4, 0.5) is 5.95 Å². The molecule has 1 unspecified atom stereocenters. The Morgan fingerprint density at radius 3 is 2.64 bits per heavy atom. The molecule has 0 amide bonds. The topological polar surface area (TPSA) is 47.0 Å². The molecule has 0 radical (unpaired) electrons. The summed E-state index contributed by atoms with van der Waals surface area (Å²) < 4.78 is 4.96. The molecule has 0 saturated carbocycles. The lowest BCUT2D eigenvalue weighted by molar-refractivity contribution is 0.411. The molecule has 1 aromatic heterocycles. The van der Waals surface area contributed by atoms with Gasteiger partial charge in [-0.3, -0.25) is 0 Å². The van der Waals surface area contributed by atoms with E-state index in [4.69, 9.17) is 4.74 Å². The van der Waals surface area contributed by atoms with Gasteiger partial charge < -0.3 is 10.1 Å². The minimum absolute atomic E-state index is 0.374. The van der Waals surface area contributed by atoms with Crippen LogP contribution in [0.3, 0.4) is 0 Å². The van der Waals surface area contributed by atoms with Crippen molar-refractivity contribution in [2.75, 3.05) is 24.4 Å². The molecule has 1 aromatic rings. The largest absolute Gasteiger partial charge is 0.494 e. The molecule has 0 aliphatic carbocycles. The molecule has 0 aliphatic rings. The van der Waals surface area contributed by atoms with Crippen LogP contribution in [-0.2, 0) is 0 Å². The fourth-order valence-electron chi connectivity index (χ4n) is 1.01. The maximum atomic E-state index is 4.96. The standard InChI is InChI=1S/C9H15N3OS/c1-7(6-14-3)12-9-10-4-8(13-2)5-11-9/h4-5,7H,6H2,1-3H3,(H,10,11,12). The van der Waals surface area contributed by atoms with Crippen LogP contribution in [-0.4, -0.2) is 35.1 Å². The van der Waals surface area contributed by atoms with Gasteiger partial charge >= 0.3 is 0 Å². The number of hydrogen-bond acceptors (Lipinski definition) is 5. The highest BCUT2D eigenvalue weighted by molar-refractivity contribution is 7.98. The third-order valence-corrected chi connectivity index (χ3v) is 2.49.